The number of hydrogen-bond acceptors (Lipinski definition) is 3. The lowest BCUT2D eigenvalue weighted by Gasteiger charge is -2.26. The zero-order valence-electron chi connectivity index (χ0n) is 8.48. The summed E-state index contributed by atoms with van der Waals surface area (Å²) in [6.45, 7) is 0.766. The van der Waals surface area contributed by atoms with Crippen molar-refractivity contribution in [2.75, 3.05) is 6.54 Å². The van der Waals surface area contributed by atoms with Crippen LogP contribution in [0.25, 0.3) is 0 Å². The van der Waals surface area contributed by atoms with Gasteiger partial charge in [-0.2, -0.15) is 5.26 Å². The van der Waals surface area contributed by atoms with E-state index in [1.807, 2.05) is 12.1 Å². The molecule has 15 heavy (non-hydrogen) atoms. The first kappa shape index (κ1) is 10.0. The summed E-state index contributed by atoms with van der Waals surface area (Å²) in [6, 6.07) is 9.88. The van der Waals surface area contributed by atoms with Crippen LogP contribution in [0.1, 0.15) is 24.4 Å². The van der Waals surface area contributed by atoms with Gasteiger partial charge in [0.1, 0.15) is 5.75 Å². The summed E-state index contributed by atoms with van der Waals surface area (Å²) in [5.41, 5.74) is 1.18. The first-order valence-electron chi connectivity index (χ1n) is 5.21. The molecule has 2 rings (SSSR count). The number of aromatic hydroxyl groups is 1. The Morgan fingerprint density at radius 3 is 2.53 bits per heavy atom. The molecule has 3 nitrogen and oxygen atoms in total. The van der Waals surface area contributed by atoms with Crippen molar-refractivity contribution in [1.29, 1.82) is 5.26 Å². The average Bonchev–Trinajstić information content (AvgIpc) is 2.30. The molecule has 0 spiro atoms. The number of phenolic OH excluding ortho intramolecular Hbond substituents is 1. The van der Waals surface area contributed by atoms with Crippen molar-refractivity contribution in [3.8, 4) is 11.8 Å². The van der Waals surface area contributed by atoms with Gasteiger partial charge in [-0.25, -0.2) is 0 Å². The van der Waals surface area contributed by atoms with Crippen LogP contribution in [0.2, 0.25) is 0 Å². The third-order valence-corrected chi connectivity index (χ3v) is 2.89. The molecule has 1 saturated heterocycles. The van der Waals surface area contributed by atoms with Crippen molar-refractivity contribution in [2.45, 2.75) is 18.9 Å². The lowest BCUT2D eigenvalue weighted by Crippen LogP contribution is -2.32. The van der Waals surface area contributed by atoms with Gasteiger partial charge in [0.25, 0.3) is 0 Å². The second-order valence-electron chi connectivity index (χ2n) is 3.96. The van der Waals surface area contributed by atoms with Gasteiger partial charge in [0.05, 0.1) is 12.0 Å². The molecule has 1 aliphatic rings. The Labute approximate surface area is 89.4 Å². The second-order valence-corrected chi connectivity index (χ2v) is 3.96. The number of rotatable bonds is 1. The zero-order valence-corrected chi connectivity index (χ0v) is 8.48. The predicted octanol–water partition coefficient (Wildman–Crippen LogP) is 1.96. The molecule has 0 aromatic heterocycles. The van der Waals surface area contributed by atoms with E-state index in [9.17, 15) is 5.11 Å². The molecule has 1 aromatic carbocycles. The number of nitriles is 1. The van der Waals surface area contributed by atoms with Gasteiger partial charge in [-0.15, -0.1) is 0 Å². The van der Waals surface area contributed by atoms with Crippen molar-refractivity contribution >= 4 is 0 Å². The molecule has 0 bridgehead atoms. The molecule has 2 N–H and O–H groups in total. The lowest BCUT2D eigenvalue weighted by molar-refractivity contribution is 0.361. The van der Waals surface area contributed by atoms with Crippen LogP contribution in [0.3, 0.4) is 0 Å². The van der Waals surface area contributed by atoms with Crippen LogP contribution in [0, 0.1) is 17.2 Å². The standard InChI is InChI=1S/C12H14N2O/c13-7-9-1-6-12(14-8-9)10-2-4-11(15)5-3-10/h2-5,9,12,14-15H,1,6,8H2. The summed E-state index contributed by atoms with van der Waals surface area (Å²) in [7, 11) is 0. The van der Waals surface area contributed by atoms with Crippen molar-refractivity contribution in [3.63, 3.8) is 0 Å². The molecule has 0 saturated carbocycles. The second kappa shape index (κ2) is 4.33. The minimum atomic E-state index is 0.151. The number of benzene rings is 1. The number of nitrogens with one attached hydrogen (secondary N) is 1. The Bertz CT molecular complexity index is 358. The van der Waals surface area contributed by atoms with Gasteiger partial charge >= 0.3 is 0 Å². The maximum Gasteiger partial charge on any atom is 0.115 e. The number of phenols is 1. The minimum absolute atomic E-state index is 0.151. The molecule has 1 heterocycles. The third-order valence-electron chi connectivity index (χ3n) is 2.89. The maximum absolute atomic E-state index is 9.17. The van der Waals surface area contributed by atoms with Crippen molar-refractivity contribution in [2.24, 2.45) is 5.92 Å². The molecule has 2 unspecified atom stereocenters. The number of hydrogen-bond donors (Lipinski definition) is 2. The first-order valence-corrected chi connectivity index (χ1v) is 5.21. The topological polar surface area (TPSA) is 56.0 Å². The van der Waals surface area contributed by atoms with Gasteiger partial charge in [0.15, 0.2) is 0 Å². The highest BCUT2D eigenvalue weighted by molar-refractivity contribution is 5.28. The molecule has 1 fully saturated rings. The van der Waals surface area contributed by atoms with E-state index in [4.69, 9.17) is 5.26 Å². The fraction of sp³-hybridized carbons (Fsp3) is 0.417. The molecule has 0 radical (unpaired) electrons. The smallest absolute Gasteiger partial charge is 0.115 e. The monoisotopic (exact) mass is 202 g/mol. The molecule has 0 amide bonds. The average molecular weight is 202 g/mol. The molecular weight excluding hydrogens is 188 g/mol. The third kappa shape index (κ3) is 2.28. The summed E-state index contributed by atoms with van der Waals surface area (Å²) in [6.07, 6.45) is 1.94. The van der Waals surface area contributed by atoms with Crippen LogP contribution < -0.4 is 5.32 Å². The van der Waals surface area contributed by atoms with Gasteiger partial charge < -0.3 is 10.4 Å². The van der Waals surface area contributed by atoms with Crippen LogP contribution in [-0.2, 0) is 0 Å². The molecule has 2 atom stereocenters. The van der Waals surface area contributed by atoms with Crippen LogP contribution in [-0.4, -0.2) is 11.7 Å². The normalized spacial score (nSPS) is 25.8. The predicted molar refractivity (Wildman–Crippen MR) is 57.2 cm³/mol. The van der Waals surface area contributed by atoms with Gasteiger partial charge in [0, 0.05) is 12.6 Å². The number of nitrogens with zero attached hydrogens (tertiary/aromatic N) is 1. The Kier molecular flexibility index (Phi) is 2.89. The number of piperidine rings is 1. The van der Waals surface area contributed by atoms with E-state index < -0.39 is 0 Å². The van der Waals surface area contributed by atoms with Gasteiger partial charge in [-0.05, 0) is 30.5 Å². The van der Waals surface area contributed by atoms with Gasteiger partial charge in [-0.1, -0.05) is 12.1 Å². The Morgan fingerprint density at radius 2 is 2.00 bits per heavy atom. The SMILES string of the molecule is N#CC1CCC(c2ccc(O)cc2)NC1. The molecule has 0 aliphatic carbocycles. The lowest BCUT2D eigenvalue weighted by atomic mass is 9.92. The quantitative estimate of drug-likeness (QED) is 0.731. The highest BCUT2D eigenvalue weighted by Gasteiger charge is 2.20. The van der Waals surface area contributed by atoms with E-state index in [-0.39, 0.29) is 5.92 Å². The first-order chi connectivity index (χ1) is 7.29. The molecular formula is C12H14N2O. The minimum Gasteiger partial charge on any atom is -0.508 e. The van der Waals surface area contributed by atoms with E-state index in [2.05, 4.69) is 11.4 Å². The highest BCUT2D eigenvalue weighted by atomic mass is 16.3. The van der Waals surface area contributed by atoms with Crippen LogP contribution in [0.4, 0.5) is 0 Å². The van der Waals surface area contributed by atoms with E-state index in [1.165, 1.54) is 5.56 Å². The molecule has 1 aliphatic heterocycles. The van der Waals surface area contributed by atoms with Crippen LogP contribution in [0.15, 0.2) is 24.3 Å². The fourth-order valence-corrected chi connectivity index (χ4v) is 1.96. The summed E-state index contributed by atoms with van der Waals surface area (Å²) in [5.74, 6) is 0.447. The van der Waals surface area contributed by atoms with E-state index >= 15 is 0 Å². The largest absolute Gasteiger partial charge is 0.508 e. The fourth-order valence-electron chi connectivity index (χ4n) is 1.96. The summed E-state index contributed by atoms with van der Waals surface area (Å²) < 4.78 is 0. The van der Waals surface area contributed by atoms with Crippen molar-refractivity contribution in [3.05, 3.63) is 29.8 Å². The Balaban J connectivity index is 2.02. The highest BCUT2D eigenvalue weighted by Crippen LogP contribution is 2.26. The van der Waals surface area contributed by atoms with Crippen molar-refractivity contribution in [1.82, 2.24) is 5.32 Å². The van der Waals surface area contributed by atoms with Gasteiger partial charge in [-0.3, -0.25) is 0 Å². The summed E-state index contributed by atoms with van der Waals surface area (Å²) >= 11 is 0. The molecule has 78 valence electrons. The zero-order chi connectivity index (χ0) is 10.7. The summed E-state index contributed by atoms with van der Waals surface area (Å²) in [5, 5.41) is 21.3. The summed E-state index contributed by atoms with van der Waals surface area (Å²) in [4.78, 5) is 0. The Hall–Kier alpha value is -1.53. The van der Waals surface area contributed by atoms with E-state index in [0.29, 0.717) is 11.8 Å². The van der Waals surface area contributed by atoms with E-state index in [0.717, 1.165) is 19.4 Å². The van der Waals surface area contributed by atoms with Crippen LogP contribution >= 0.6 is 0 Å². The van der Waals surface area contributed by atoms with Gasteiger partial charge in [0.2, 0.25) is 0 Å². The van der Waals surface area contributed by atoms with Crippen molar-refractivity contribution < 1.29 is 5.11 Å². The van der Waals surface area contributed by atoms with E-state index in [1.54, 1.807) is 12.1 Å². The maximum atomic E-state index is 9.17. The molecule has 1 aromatic rings. The Morgan fingerprint density at radius 1 is 1.27 bits per heavy atom. The molecule has 3 heteroatoms. The van der Waals surface area contributed by atoms with Crippen LogP contribution in [0.5, 0.6) is 5.75 Å².